The molecule has 24 heavy (non-hydrogen) atoms. The van der Waals surface area contributed by atoms with Gasteiger partial charge in [0.15, 0.2) is 11.5 Å². The first-order valence-electron chi connectivity index (χ1n) is 8.29. The predicted octanol–water partition coefficient (Wildman–Crippen LogP) is 2.44. The maximum Gasteiger partial charge on any atom is 0.246 e. The van der Waals surface area contributed by atoms with Crippen molar-refractivity contribution in [2.24, 2.45) is 0 Å². The van der Waals surface area contributed by atoms with Crippen molar-refractivity contribution in [2.75, 3.05) is 46.4 Å². The second kappa shape index (κ2) is 9.13. The zero-order chi connectivity index (χ0) is 17.4. The van der Waals surface area contributed by atoms with E-state index in [9.17, 15) is 4.79 Å². The molecule has 1 aromatic rings. The number of rotatable bonds is 7. The molecule has 1 amide bonds. The molecule has 0 bridgehead atoms. The van der Waals surface area contributed by atoms with Crippen LogP contribution >= 0.6 is 0 Å². The van der Waals surface area contributed by atoms with E-state index < -0.39 is 0 Å². The van der Waals surface area contributed by atoms with Gasteiger partial charge in [-0.05, 0) is 30.3 Å². The summed E-state index contributed by atoms with van der Waals surface area (Å²) in [5.74, 6) is 1.36. The van der Waals surface area contributed by atoms with E-state index in [4.69, 9.17) is 9.47 Å². The summed E-state index contributed by atoms with van der Waals surface area (Å²) in [7, 11) is 1.60. The van der Waals surface area contributed by atoms with Gasteiger partial charge in [-0.2, -0.15) is 0 Å². The number of piperazine rings is 1. The lowest BCUT2D eigenvalue weighted by Crippen LogP contribution is -2.48. The smallest absolute Gasteiger partial charge is 0.246 e. The summed E-state index contributed by atoms with van der Waals surface area (Å²) >= 11 is 0. The van der Waals surface area contributed by atoms with Crippen molar-refractivity contribution in [1.29, 1.82) is 0 Å². The fourth-order valence-electron chi connectivity index (χ4n) is 2.61. The number of carbonyl (C=O) groups excluding carboxylic acids is 1. The van der Waals surface area contributed by atoms with Crippen LogP contribution in [0, 0.1) is 0 Å². The molecular formula is C19H26N2O3. The molecule has 1 aliphatic rings. The highest BCUT2D eigenvalue weighted by atomic mass is 16.5. The van der Waals surface area contributed by atoms with Gasteiger partial charge in [-0.3, -0.25) is 4.79 Å². The molecule has 0 unspecified atom stereocenters. The molecule has 2 rings (SSSR count). The van der Waals surface area contributed by atoms with Gasteiger partial charge in [-0.25, -0.2) is 0 Å². The molecule has 1 fully saturated rings. The first-order chi connectivity index (χ1) is 11.7. The quantitative estimate of drug-likeness (QED) is 0.569. The molecule has 0 aliphatic carbocycles. The van der Waals surface area contributed by atoms with Crippen molar-refractivity contribution in [2.45, 2.75) is 6.92 Å². The minimum absolute atomic E-state index is 0.0525. The van der Waals surface area contributed by atoms with Gasteiger partial charge in [-0.1, -0.05) is 25.6 Å². The summed E-state index contributed by atoms with van der Waals surface area (Å²) in [4.78, 5) is 16.5. The summed E-state index contributed by atoms with van der Waals surface area (Å²) in [6.45, 7) is 10.7. The number of likely N-dealkylation sites (N-methyl/N-ethyl adjacent to an activating group) is 1. The summed E-state index contributed by atoms with van der Waals surface area (Å²) in [6.07, 6.45) is 5.12. The van der Waals surface area contributed by atoms with Crippen LogP contribution in [0.5, 0.6) is 11.5 Å². The number of amides is 1. The molecule has 0 spiro atoms. The van der Waals surface area contributed by atoms with Crippen molar-refractivity contribution in [1.82, 2.24) is 9.80 Å². The van der Waals surface area contributed by atoms with Crippen molar-refractivity contribution >= 4 is 12.0 Å². The number of ether oxygens (including phenoxy) is 2. The Hall–Kier alpha value is -2.27. The maximum atomic E-state index is 12.3. The Labute approximate surface area is 144 Å². The van der Waals surface area contributed by atoms with Crippen LogP contribution in [-0.4, -0.2) is 62.1 Å². The third kappa shape index (κ3) is 4.86. The second-order valence-electron chi connectivity index (χ2n) is 5.60. The van der Waals surface area contributed by atoms with E-state index in [1.165, 1.54) is 0 Å². The molecule has 0 atom stereocenters. The Morgan fingerprint density at radius 3 is 2.62 bits per heavy atom. The minimum Gasteiger partial charge on any atom is -0.493 e. The zero-order valence-corrected chi connectivity index (χ0v) is 14.5. The topological polar surface area (TPSA) is 42.0 Å². The summed E-state index contributed by atoms with van der Waals surface area (Å²) in [6, 6.07) is 5.60. The average molecular weight is 330 g/mol. The molecule has 1 aliphatic heterocycles. The first kappa shape index (κ1) is 18.1. The lowest BCUT2D eigenvalue weighted by molar-refractivity contribution is -0.127. The Kier molecular flexibility index (Phi) is 6.88. The number of carbonyl (C=O) groups is 1. The van der Waals surface area contributed by atoms with Gasteiger partial charge < -0.3 is 19.3 Å². The molecular weight excluding hydrogens is 304 g/mol. The van der Waals surface area contributed by atoms with Crippen LogP contribution in [0.4, 0.5) is 0 Å². The fraction of sp³-hybridized carbons (Fsp3) is 0.421. The molecule has 0 aromatic heterocycles. The van der Waals surface area contributed by atoms with Gasteiger partial charge >= 0.3 is 0 Å². The van der Waals surface area contributed by atoms with Crippen LogP contribution in [0.3, 0.4) is 0 Å². The van der Waals surface area contributed by atoms with Crippen molar-refractivity contribution in [3.8, 4) is 11.5 Å². The highest BCUT2D eigenvalue weighted by Gasteiger charge is 2.18. The van der Waals surface area contributed by atoms with Gasteiger partial charge in [-0.15, -0.1) is 0 Å². The third-order valence-corrected chi connectivity index (χ3v) is 4.09. The molecule has 5 heteroatoms. The highest BCUT2D eigenvalue weighted by molar-refractivity contribution is 5.92. The number of benzene rings is 1. The molecule has 1 aromatic carbocycles. The van der Waals surface area contributed by atoms with E-state index in [1.807, 2.05) is 29.2 Å². The van der Waals surface area contributed by atoms with Gasteiger partial charge in [0.05, 0.1) is 7.11 Å². The van der Waals surface area contributed by atoms with E-state index in [-0.39, 0.29) is 5.91 Å². The Morgan fingerprint density at radius 2 is 2.00 bits per heavy atom. The highest BCUT2D eigenvalue weighted by Crippen LogP contribution is 2.28. The normalized spacial score (nSPS) is 15.5. The number of hydrogen-bond acceptors (Lipinski definition) is 4. The third-order valence-electron chi connectivity index (χ3n) is 4.09. The summed E-state index contributed by atoms with van der Waals surface area (Å²) in [5, 5.41) is 0. The number of hydrogen-bond donors (Lipinski definition) is 0. The Morgan fingerprint density at radius 1 is 1.25 bits per heavy atom. The van der Waals surface area contributed by atoms with Crippen LogP contribution in [0.25, 0.3) is 6.08 Å². The van der Waals surface area contributed by atoms with E-state index >= 15 is 0 Å². The van der Waals surface area contributed by atoms with E-state index in [2.05, 4.69) is 18.4 Å². The first-order valence-corrected chi connectivity index (χ1v) is 8.29. The lowest BCUT2D eigenvalue weighted by Gasteiger charge is -2.33. The van der Waals surface area contributed by atoms with Crippen molar-refractivity contribution < 1.29 is 14.3 Å². The van der Waals surface area contributed by atoms with Crippen LogP contribution in [0.1, 0.15) is 12.5 Å². The molecule has 1 saturated heterocycles. The largest absolute Gasteiger partial charge is 0.493 e. The SMILES string of the molecule is C=CCOc1ccc(/C=C/C(=O)N2CCN(CC)CC2)cc1OC. The molecule has 5 nitrogen and oxygen atoms in total. The molecule has 0 N–H and O–H groups in total. The van der Waals surface area contributed by atoms with Crippen LogP contribution in [-0.2, 0) is 4.79 Å². The van der Waals surface area contributed by atoms with Crippen molar-refractivity contribution in [3.63, 3.8) is 0 Å². The summed E-state index contributed by atoms with van der Waals surface area (Å²) < 4.78 is 10.9. The Bertz CT molecular complexity index is 590. The standard InChI is InChI=1S/C19H26N2O3/c1-4-14-24-17-8-6-16(15-18(17)23-3)7-9-19(22)21-12-10-20(5-2)11-13-21/h4,6-9,15H,1,5,10-14H2,2-3H3/b9-7+. The van der Waals surface area contributed by atoms with Gasteiger partial charge in [0.25, 0.3) is 0 Å². The van der Waals surface area contributed by atoms with Gasteiger partial charge in [0.1, 0.15) is 6.61 Å². The molecule has 0 saturated carbocycles. The second-order valence-corrected chi connectivity index (χ2v) is 5.60. The molecule has 1 heterocycles. The maximum absolute atomic E-state index is 12.3. The lowest BCUT2D eigenvalue weighted by atomic mass is 10.2. The van der Waals surface area contributed by atoms with Gasteiger partial charge in [0.2, 0.25) is 5.91 Å². The zero-order valence-electron chi connectivity index (χ0n) is 14.5. The van der Waals surface area contributed by atoms with Crippen LogP contribution in [0.2, 0.25) is 0 Å². The van der Waals surface area contributed by atoms with Crippen LogP contribution in [0.15, 0.2) is 36.9 Å². The van der Waals surface area contributed by atoms with E-state index in [0.29, 0.717) is 18.1 Å². The van der Waals surface area contributed by atoms with E-state index in [0.717, 1.165) is 38.3 Å². The van der Waals surface area contributed by atoms with Crippen LogP contribution < -0.4 is 9.47 Å². The van der Waals surface area contributed by atoms with Crippen molar-refractivity contribution in [3.05, 3.63) is 42.5 Å². The number of methoxy groups -OCH3 is 1. The summed E-state index contributed by atoms with van der Waals surface area (Å²) in [5.41, 5.74) is 0.901. The minimum atomic E-state index is 0.0525. The Balaban J connectivity index is 1.98. The predicted molar refractivity (Wildman–Crippen MR) is 96.4 cm³/mol. The number of nitrogens with zero attached hydrogens (tertiary/aromatic N) is 2. The molecule has 130 valence electrons. The van der Waals surface area contributed by atoms with Gasteiger partial charge in [0, 0.05) is 32.3 Å². The molecule has 0 radical (unpaired) electrons. The monoisotopic (exact) mass is 330 g/mol. The van der Waals surface area contributed by atoms with E-state index in [1.54, 1.807) is 19.3 Å². The fourth-order valence-corrected chi connectivity index (χ4v) is 2.61. The average Bonchev–Trinajstić information content (AvgIpc) is 2.64.